The minimum Gasteiger partial charge on any atom is -0.393 e. The van der Waals surface area contributed by atoms with E-state index in [9.17, 15) is 19.8 Å². The summed E-state index contributed by atoms with van der Waals surface area (Å²) in [6, 6.07) is 0. The molecule has 4 heteroatoms. The largest absolute Gasteiger partial charge is 0.393 e. The van der Waals surface area contributed by atoms with Gasteiger partial charge in [0.1, 0.15) is 12.4 Å². The summed E-state index contributed by atoms with van der Waals surface area (Å²) in [5.41, 5.74) is -0.227. The van der Waals surface area contributed by atoms with Gasteiger partial charge in [-0.3, -0.25) is 9.59 Å². The van der Waals surface area contributed by atoms with Gasteiger partial charge in [-0.2, -0.15) is 0 Å². The first-order chi connectivity index (χ1) is 11.8. The number of Topliss-reactive ketones (excluding diaryl/α,β-unsaturated/α-hetero) is 2. The zero-order valence-corrected chi connectivity index (χ0v) is 15.5. The summed E-state index contributed by atoms with van der Waals surface area (Å²) in [6.07, 6.45) is 6.93. The van der Waals surface area contributed by atoms with E-state index >= 15 is 0 Å². The molecular formula is C21H32O4. The van der Waals surface area contributed by atoms with E-state index < -0.39 is 6.61 Å². The molecule has 25 heavy (non-hydrogen) atoms. The molecule has 0 amide bonds. The van der Waals surface area contributed by atoms with Crippen molar-refractivity contribution < 1.29 is 19.8 Å². The molecule has 8 atom stereocenters. The Bertz CT molecular complexity index is 586. The highest BCUT2D eigenvalue weighted by Crippen LogP contribution is 2.66. The lowest BCUT2D eigenvalue weighted by molar-refractivity contribution is -0.162. The number of hydrogen-bond donors (Lipinski definition) is 2. The molecule has 140 valence electrons. The van der Waals surface area contributed by atoms with Crippen molar-refractivity contribution >= 4 is 11.6 Å². The van der Waals surface area contributed by atoms with Crippen LogP contribution in [0.4, 0.5) is 0 Å². The number of fused-ring (bicyclic) bond motifs is 5. The van der Waals surface area contributed by atoms with E-state index in [1.54, 1.807) is 0 Å². The van der Waals surface area contributed by atoms with Crippen molar-refractivity contribution in [3.63, 3.8) is 0 Å². The van der Waals surface area contributed by atoms with Crippen molar-refractivity contribution in [3.05, 3.63) is 0 Å². The first kappa shape index (κ1) is 17.7. The Kier molecular flexibility index (Phi) is 4.16. The maximum atomic E-state index is 13.3. The van der Waals surface area contributed by atoms with Crippen LogP contribution in [0.1, 0.15) is 65.2 Å². The van der Waals surface area contributed by atoms with Gasteiger partial charge in [0.05, 0.1) is 6.10 Å². The van der Waals surface area contributed by atoms with E-state index in [1.807, 2.05) is 0 Å². The number of hydrogen-bond acceptors (Lipinski definition) is 4. The van der Waals surface area contributed by atoms with Gasteiger partial charge in [0.25, 0.3) is 0 Å². The molecule has 4 fully saturated rings. The van der Waals surface area contributed by atoms with Crippen LogP contribution in [0.5, 0.6) is 0 Å². The lowest BCUT2D eigenvalue weighted by atomic mass is 9.44. The SMILES string of the molecule is C[C@]12CC[C@@H](O)C[C@H]1CC[C@@H]1[C@@H]2C(=O)C[C@]2(C)C(C(=O)CO)CC[C@@H]12. The average molecular weight is 348 g/mol. The standard InChI is InChI=1S/C21H32O4/c1-20-8-7-13(23)9-12(20)3-4-14-15-5-6-16(18(25)11-22)21(15,2)10-17(24)19(14)20/h12-16,19,22-23H,3-11H2,1-2H3/t12-,13-,14+,15+,16?,19-,20+,21+/m1/s1. The minimum absolute atomic E-state index is 0.0274. The molecule has 4 aliphatic carbocycles. The normalized spacial score (nSPS) is 52.2. The quantitative estimate of drug-likeness (QED) is 0.805. The number of carbonyl (C=O) groups excluding carboxylic acids is 2. The second kappa shape index (κ2) is 5.88. The number of rotatable bonds is 2. The minimum atomic E-state index is -0.396. The first-order valence-electron chi connectivity index (χ1n) is 10.2. The summed E-state index contributed by atoms with van der Waals surface area (Å²) >= 11 is 0. The summed E-state index contributed by atoms with van der Waals surface area (Å²) in [5, 5.41) is 19.5. The molecule has 0 saturated heterocycles. The van der Waals surface area contributed by atoms with Crippen molar-refractivity contribution in [3.8, 4) is 0 Å². The third-order valence-corrected chi connectivity index (χ3v) is 8.87. The first-order valence-corrected chi connectivity index (χ1v) is 10.2. The predicted molar refractivity (Wildman–Crippen MR) is 93.7 cm³/mol. The predicted octanol–water partition coefficient (Wildman–Crippen LogP) is 2.75. The number of aliphatic hydroxyl groups is 2. The van der Waals surface area contributed by atoms with Crippen molar-refractivity contribution in [2.24, 2.45) is 40.4 Å². The van der Waals surface area contributed by atoms with Crippen LogP contribution in [0.25, 0.3) is 0 Å². The van der Waals surface area contributed by atoms with Gasteiger partial charge in [0.2, 0.25) is 0 Å². The smallest absolute Gasteiger partial charge is 0.161 e. The fraction of sp³-hybridized carbons (Fsp3) is 0.905. The van der Waals surface area contributed by atoms with Crippen molar-refractivity contribution in [1.29, 1.82) is 0 Å². The highest BCUT2D eigenvalue weighted by Gasteiger charge is 2.63. The third kappa shape index (κ3) is 2.39. The molecule has 4 rings (SSSR count). The molecule has 0 aliphatic heterocycles. The Morgan fingerprint density at radius 2 is 1.88 bits per heavy atom. The Labute approximate surface area is 150 Å². The van der Waals surface area contributed by atoms with Gasteiger partial charge >= 0.3 is 0 Å². The van der Waals surface area contributed by atoms with Crippen LogP contribution >= 0.6 is 0 Å². The van der Waals surface area contributed by atoms with Crippen LogP contribution in [-0.2, 0) is 9.59 Å². The van der Waals surface area contributed by atoms with Crippen molar-refractivity contribution in [2.45, 2.75) is 71.3 Å². The molecule has 2 N–H and O–H groups in total. The van der Waals surface area contributed by atoms with Gasteiger partial charge < -0.3 is 10.2 Å². The van der Waals surface area contributed by atoms with E-state index in [0.717, 1.165) is 44.9 Å². The maximum absolute atomic E-state index is 13.3. The molecule has 0 heterocycles. The summed E-state index contributed by atoms with van der Waals surface area (Å²) in [7, 11) is 0. The van der Waals surface area contributed by atoms with Crippen LogP contribution < -0.4 is 0 Å². The molecule has 0 aromatic rings. The Morgan fingerprint density at radius 1 is 1.12 bits per heavy atom. The van der Waals surface area contributed by atoms with Gasteiger partial charge in [0, 0.05) is 18.3 Å². The molecule has 1 unspecified atom stereocenters. The topological polar surface area (TPSA) is 74.6 Å². The molecule has 4 aliphatic rings. The van der Waals surface area contributed by atoms with Gasteiger partial charge in [-0.05, 0) is 73.5 Å². The fourth-order valence-corrected chi connectivity index (χ4v) is 7.69. The maximum Gasteiger partial charge on any atom is 0.161 e. The van der Waals surface area contributed by atoms with Crippen LogP contribution in [0, 0.1) is 40.4 Å². The summed E-state index contributed by atoms with van der Waals surface area (Å²) in [5.74, 6) is 1.52. The molecule has 0 aromatic carbocycles. The second-order valence-electron chi connectivity index (χ2n) is 9.86. The van der Waals surface area contributed by atoms with Gasteiger partial charge in [0.15, 0.2) is 5.78 Å². The Morgan fingerprint density at radius 3 is 2.60 bits per heavy atom. The second-order valence-corrected chi connectivity index (χ2v) is 9.86. The highest BCUT2D eigenvalue weighted by molar-refractivity contribution is 5.88. The van der Waals surface area contributed by atoms with Crippen LogP contribution in [0.2, 0.25) is 0 Å². The lowest BCUT2D eigenvalue weighted by Crippen LogP contribution is -2.58. The molecule has 0 bridgehead atoms. The molecule has 0 spiro atoms. The van der Waals surface area contributed by atoms with E-state index in [4.69, 9.17) is 0 Å². The van der Waals surface area contributed by atoms with Crippen molar-refractivity contribution in [1.82, 2.24) is 0 Å². The van der Waals surface area contributed by atoms with Gasteiger partial charge in [-0.1, -0.05) is 13.8 Å². The van der Waals surface area contributed by atoms with E-state index in [2.05, 4.69) is 13.8 Å². The molecule has 0 aromatic heterocycles. The summed E-state index contributed by atoms with van der Waals surface area (Å²) < 4.78 is 0. The van der Waals surface area contributed by atoms with E-state index in [0.29, 0.717) is 30.0 Å². The van der Waals surface area contributed by atoms with Crippen LogP contribution in [0.15, 0.2) is 0 Å². The van der Waals surface area contributed by atoms with Gasteiger partial charge in [-0.15, -0.1) is 0 Å². The number of ketones is 2. The Hall–Kier alpha value is -0.740. The zero-order valence-electron chi connectivity index (χ0n) is 15.5. The number of aliphatic hydroxyl groups excluding tert-OH is 2. The van der Waals surface area contributed by atoms with Gasteiger partial charge in [-0.25, -0.2) is 0 Å². The molecule has 4 saturated carbocycles. The average Bonchev–Trinajstić information content (AvgIpc) is 2.91. The highest BCUT2D eigenvalue weighted by atomic mass is 16.3. The molecule has 4 nitrogen and oxygen atoms in total. The number of carbonyl (C=O) groups is 2. The third-order valence-electron chi connectivity index (χ3n) is 8.87. The van der Waals surface area contributed by atoms with E-state index in [-0.39, 0.29) is 34.6 Å². The summed E-state index contributed by atoms with van der Waals surface area (Å²) in [6.45, 7) is 4.04. The Balaban J connectivity index is 1.66. The van der Waals surface area contributed by atoms with Crippen molar-refractivity contribution in [2.75, 3.05) is 6.61 Å². The molecular weight excluding hydrogens is 316 g/mol. The van der Waals surface area contributed by atoms with Crippen LogP contribution in [-0.4, -0.2) is 34.5 Å². The fourth-order valence-electron chi connectivity index (χ4n) is 7.69. The monoisotopic (exact) mass is 348 g/mol. The zero-order chi connectivity index (χ0) is 18.0. The lowest BCUT2D eigenvalue weighted by Gasteiger charge is -2.59. The summed E-state index contributed by atoms with van der Waals surface area (Å²) in [4.78, 5) is 25.6. The molecule has 0 radical (unpaired) electrons. The van der Waals surface area contributed by atoms with E-state index in [1.165, 1.54) is 0 Å². The van der Waals surface area contributed by atoms with Crippen LogP contribution in [0.3, 0.4) is 0 Å².